The molecular formula is C6H3BClFO2. The Balaban J connectivity index is 3.46. The number of hydrogen-bond acceptors (Lipinski definition) is 2. The lowest BCUT2D eigenvalue weighted by Gasteiger charge is -2.03. The normalized spacial score (nSPS) is 10.0. The molecule has 56 valence electrons. The summed E-state index contributed by atoms with van der Waals surface area (Å²) in [5.74, 6) is -2.34. The van der Waals surface area contributed by atoms with Crippen molar-refractivity contribution in [2.45, 2.75) is 0 Å². The molecule has 0 saturated carbocycles. The van der Waals surface area contributed by atoms with Crippen LogP contribution in [0.1, 0.15) is 0 Å². The molecule has 1 aromatic carbocycles. The molecule has 0 unspecified atom stereocenters. The van der Waals surface area contributed by atoms with Gasteiger partial charge in [0.2, 0.25) is 0 Å². The van der Waals surface area contributed by atoms with E-state index in [4.69, 9.17) is 29.7 Å². The molecule has 0 aromatic heterocycles. The van der Waals surface area contributed by atoms with Gasteiger partial charge in [0.15, 0.2) is 5.82 Å². The van der Waals surface area contributed by atoms with E-state index < -0.39 is 22.3 Å². The van der Waals surface area contributed by atoms with E-state index in [0.717, 1.165) is 6.07 Å². The van der Waals surface area contributed by atoms with Gasteiger partial charge in [-0.2, -0.15) is 0 Å². The minimum Gasteiger partial charge on any atom is -0.506 e. The summed E-state index contributed by atoms with van der Waals surface area (Å²) in [5.41, 5.74) is -0.246. The Bertz CT molecular complexity index is 277. The van der Waals surface area contributed by atoms with Crippen LogP contribution in [0.3, 0.4) is 0 Å². The molecule has 1 rings (SSSR count). The second-order valence-electron chi connectivity index (χ2n) is 1.96. The number of hydrogen-bond donors (Lipinski definition) is 2. The van der Waals surface area contributed by atoms with Gasteiger partial charge in [-0.25, -0.2) is 4.39 Å². The lowest BCUT2D eigenvalue weighted by molar-refractivity contribution is 0.426. The maximum atomic E-state index is 12.6. The van der Waals surface area contributed by atoms with Crippen LogP contribution in [0.5, 0.6) is 11.5 Å². The van der Waals surface area contributed by atoms with Gasteiger partial charge >= 0.3 is 0 Å². The second kappa shape index (κ2) is 2.62. The molecule has 2 radical (unpaired) electrons. The van der Waals surface area contributed by atoms with Crippen LogP contribution in [-0.2, 0) is 0 Å². The van der Waals surface area contributed by atoms with Gasteiger partial charge in [0.1, 0.15) is 24.4 Å². The van der Waals surface area contributed by atoms with Crippen molar-refractivity contribution in [1.29, 1.82) is 0 Å². The highest BCUT2D eigenvalue weighted by molar-refractivity contribution is 6.37. The molecule has 0 atom stereocenters. The van der Waals surface area contributed by atoms with Gasteiger partial charge in [-0.05, 0) is 11.5 Å². The van der Waals surface area contributed by atoms with Crippen LogP contribution in [0.15, 0.2) is 6.07 Å². The molecule has 0 amide bonds. The Kier molecular flexibility index (Phi) is 1.96. The standard InChI is InChI=1S/C6H3BClFO2/c7-2-1-3(10)4(8)5(9)6(2)11/h1,10-11H. The van der Waals surface area contributed by atoms with Gasteiger partial charge in [0, 0.05) is 0 Å². The minimum absolute atomic E-state index is 0.246. The first-order valence-corrected chi connectivity index (χ1v) is 3.07. The third kappa shape index (κ3) is 1.26. The van der Waals surface area contributed by atoms with Gasteiger partial charge in [-0.3, -0.25) is 0 Å². The maximum Gasteiger partial charge on any atom is 0.186 e. The Morgan fingerprint density at radius 2 is 2.00 bits per heavy atom. The molecule has 0 heterocycles. The van der Waals surface area contributed by atoms with Gasteiger partial charge < -0.3 is 10.2 Å². The first-order valence-electron chi connectivity index (χ1n) is 2.69. The summed E-state index contributed by atoms with van der Waals surface area (Å²) >= 11 is 5.21. The van der Waals surface area contributed by atoms with Crippen molar-refractivity contribution < 1.29 is 14.6 Å². The number of halogens is 2. The number of aromatic hydroxyl groups is 2. The summed E-state index contributed by atoms with van der Waals surface area (Å²) in [6.45, 7) is 0. The van der Waals surface area contributed by atoms with E-state index >= 15 is 0 Å². The topological polar surface area (TPSA) is 40.5 Å². The molecular weight excluding hydrogens is 169 g/mol. The molecule has 0 fully saturated rings. The fourth-order valence-electron chi connectivity index (χ4n) is 0.622. The smallest absolute Gasteiger partial charge is 0.186 e. The van der Waals surface area contributed by atoms with Crippen molar-refractivity contribution in [2.75, 3.05) is 0 Å². The molecule has 5 heteroatoms. The van der Waals surface area contributed by atoms with Crippen LogP contribution in [0.25, 0.3) is 0 Å². The van der Waals surface area contributed by atoms with Crippen LogP contribution in [-0.4, -0.2) is 18.1 Å². The fourth-order valence-corrected chi connectivity index (χ4v) is 0.766. The Morgan fingerprint density at radius 1 is 1.45 bits per heavy atom. The summed E-state index contributed by atoms with van der Waals surface area (Å²) in [6.07, 6.45) is 0. The van der Waals surface area contributed by atoms with E-state index in [1.165, 1.54) is 0 Å². The van der Waals surface area contributed by atoms with Crippen molar-refractivity contribution in [3.63, 3.8) is 0 Å². The van der Waals surface area contributed by atoms with Gasteiger partial charge in [0.25, 0.3) is 0 Å². The molecule has 0 spiro atoms. The minimum atomic E-state index is -1.11. The predicted molar refractivity (Wildman–Crippen MR) is 40.1 cm³/mol. The summed E-state index contributed by atoms with van der Waals surface area (Å²) in [5, 5.41) is 17.1. The molecule has 2 nitrogen and oxygen atoms in total. The zero-order chi connectivity index (χ0) is 8.59. The van der Waals surface area contributed by atoms with E-state index in [1.807, 2.05) is 0 Å². The first kappa shape index (κ1) is 8.20. The SMILES string of the molecule is [B]c1cc(O)c(Cl)c(F)c1O. The average molecular weight is 172 g/mol. The fraction of sp³-hybridized carbons (Fsp3) is 0. The molecule has 2 N–H and O–H groups in total. The van der Waals surface area contributed by atoms with Crippen molar-refractivity contribution in [3.05, 3.63) is 16.9 Å². The highest BCUT2D eigenvalue weighted by atomic mass is 35.5. The Morgan fingerprint density at radius 3 is 2.55 bits per heavy atom. The summed E-state index contributed by atoms with van der Waals surface area (Å²) in [4.78, 5) is 0. The van der Waals surface area contributed by atoms with Crippen LogP contribution >= 0.6 is 11.6 Å². The van der Waals surface area contributed by atoms with Gasteiger partial charge in [-0.15, -0.1) is 0 Å². The molecule has 0 saturated heterocycles. The van der Waals surface area contributed by atoms with Gasteiger partial charge in [0.05, 0.1) is 0 Å². The summed E-state index contributed by atoms with van der Waals surface area (Å²) < 4.78 is 12.6. The first-order chi connectivity index (χ1) is 5.04. The van der Waals surface area contributed by atoms with Crippen molar-refractivity contribution in [2.24, 2.45) is 0 Å². The number of rotatable bonds is 0. The molecule has 0 aliphatic carbocycles. The molecule has 0 aliphatic heterocycles. The third-order valence-corrected chi connectivity index (χ3v) is 1.55. The molecule has 0 aliphatic rings. The van der Waals surface area contributed by atoms with Crippen molar-refractivity contribution >= 4 is 24.9 Å². The summed E-state index contributed by atoms with van der Waals surface area (Å²) in [6, 6.07) is 0.973. The van der Waals surface area contributed by atoms with E-state index in [-0.39, 0.29) is 5.46 Å². The second-order valence-corrected chi connectivity index (χ2v) is 2.34. The van der Waals surface area contributed by atoms with Crippen LogP contribution in [0.2, 0.25) is 5.02 Å². The summed E-state index contributed by atoms with van der Waals surface area (Å²) in [7, 11) is 5.08. The zero-order valence-electron chi connectivity index (χ0n) is 5.31. The highest BCUT2D eigenvalue weighted by Crippen LogP contribution is 2.29. The van der Waals surface area contributed by atoms with Crippen molar-refractivity contribution in [1.82, 2.24) is 0 Å². The maximum absolute atomic E-state index is 12.6. The number of phenols is 2. The van der Waals surface area contributed by atoms with Crippen molar-refractivity contribution in [3.8, 4) is 11.5 Å². The van der Waals surface area contributed by atoms with Crippen LogP contribution in [0, 0.1) is 5.82 Å². The van der Waals surface area contributed by atoms with E-state index in [9.17, 15) is 4.39 Å². The van der Waals surface area contributed by atoms with Crippen LogP contribution < -0.4 is 5.46 Å². The number of phenolic OH excluding ortho intramolecular Hbond substituents is 2. The number of benzene rings is 1. The Hall–Kier alpha value is -0.895. The lowest BCUT2D eigenvalue weighted by Crippen LogP contribution is -2.04. The van der Waals surface area contributed by atoms with Gasteiger partial charge in [-0.1, -0.05) is 11.6 Å². The monoisotopic (exact) mass is 172 g/mol. The van der Waals surface area contributed by atoms with E-state index in [0.29, 0.717) is 0 Å². The predicted octanol–water partition coefficient (Wildman–Crippen LogP) is 0.684. The average Bonchev–Trinajstić information content (AvgIpc) is 1.97. The molecule has 11 heavy (non-hydrogen) atoms. The molecule has 1 aromatic rings. The van der Waals surface area contributed by atoms with E-state index in [2.05, 4.69) is 0 Å². The Labute approximate surface area is 68.6 Å². The molecule has 0 bridgehead atoms. The third-order valence-electron chi connectivity index (χ3n) is 1.19. The zero-order valence-corrected chi connectivity index (χ0v) is 6.06. The van der Waals surface area contributed by atoms with Crippen LogP contribution in [0.4, 0.5) is 4.39 Å². The quantitative estimate of drug-likeness (QED) is 0.446. The largest absolute Gasteiger partial charge is 0.506 e. The lowest BCUT2D eigenvalue weighted by atomic mass is 9.94. The van der Waals surface area contributed by atoms with E-state index in [1.54, 1.807) is 0 Å². The highest BCUT2D eigenvalue weighted by Gasteiger charge is 2.12.